The van der Waals surface area contributed by atoms with Crippen LogP contribution in [-0.2, 0) is 12.6 Å². The number of aliphatic hydroxyl groups is 2. The van der Waals surface area contributed by atoms with Gasteiger partial charge in [-0.1, -0.05) is 39.8 Å². The molecule has 2 aliphatic carbocycles. The third-order valence-electron chi connectivity index (χ3n) is 6.90. The molecule has 2 N–H and O–H groups in total. The standard InChI is InChI=1S/C27H31F4NO2/c1-14(2)24-23(25(34)16-9-10-17(18(28)11-16)27(29,30)31)21(15-7-5-6-8-15)22-19(32-24)12-26(3,4)13-20(22)33/h7,9-11,14,20,25,33-34H,5-6,8,12-13H2,1-4H3/t20-,25+/m0/s1. The molecule has 0 amide bonds. The molecular formula is C27H31F4NO2. The summed E-state index contributed by atoms with van der Waals surface area (Å²) < 4.78 is 53.7. The molecule has 0 fully saturated rings. The van der Waals surface area contributed by atoms with Crippen molar-refractivity contribution in [3.8, 4) is 0 Å². The summed E-state index contributed by atoms with van der Waals surface area (Å²) in [5.41, 5.74) is 2.82. The lowest BCUT2D eigenvalue weighted by atomic mass is 9.71. The van der Waals surface area contributed by atoms with Crippen LogP contribution in [0.5, 0.6) is 0 Å². The fourth-order valence-electron chi connectivity index (χ4n) is 5.39. The van der Waals surface area contributed by atoms with E-state index in [-0.39, 0.29) is 16.9 Å². The molecule has 2 aliphatic rings. The second kappa shape index (κ2) is 8.76. The van der Waals surface area contributed by atoms with E-state index in [0.29, 0.717) is 35.7 Å². The van der Waals surface area contributed by atoms with Crippen molar-refractivity contribution in [2.45, 2.75) is 84.1 Å². The van der Waals surface area contributed by atoms with E-state index in [2.05, 4.69) is 19.9 Å². The number of aliphatic hydroxyl groups excluding tert-OH is 2. The van der Waals surface area contributed by atoms with Gasteiger partial charge in [-0.3, -0.25) is 4.98 Å². The number of allylic oxidation sites excluding steroid dienone is 2. The van der Waals surface area contributed by atoms with Crippen LogP contribution in [0.1, 0.15) is 111 Å². The van der Waals surface area contributed by atoms with Gasteiger partial charge < -0.3 is 10.2 Å². The Morgan fingerprint density at radius 3 is 2.44 bits per heavy atom. The van der Waals surface area contributed by atoms with Crippen LogP contribution in [0.15, 0.2) is 24.3 Å². The highest BCUT2D eigenvalue weighted by Gasteiger charge is 2.39. The van der Waals surface area contributed by atoms with Crippen LogP contribution < -0.4 is 0 Å². The minimum Gasteiger partial charge on any atom is -0.388 e. The molecule has 1 aromatic carbocycles. The highest BCUT2D eigenvalue weighted by atomic mass is 19.4. The minimum atomic E-state index is -4.82. The van der Waals surface area contributed by atoms with Gasteiger partial charge in [0.1, 0.15) is 11.9 Å². The highest BCUT2D eigenvalue weighted by Crippen LogP contribution is 2.48. The third kappa shape index (κ3) is 4.52. The summed E-state index contributed by atoms with van der Waals surface area (Å²) >= 11 is 0. The first kappa shape index (κ1) is 24.9. The van der Waals surface area contributed by atoms with Gasteiger partial charge in [0, 0.05) is 22.5 Å². The fourth-order valence-corrected chi connectivity index (χ4v) is 5.39. The Bertz CT molecular complexity index is 1130. The molecule has 0 saturated heterocycles. The molecule has 1 heterocycles. The van der Waals surface area contributed by atoms with Gasteiger partial charge >= 0.3 is 6.18 Å². The Kier molecular flexibility index (Phi) is 6.40. The number of hydrogen-bond donors (Lipinski definition) is 2. The third-order valence-corrected chi connectivity index (χ3v) is 6.90. The molecule has 4 rings (SSSR count). The van der Waals surface area contributed by atoms with Crippen LogP contribution in [0.4, 0.5) is 17.6 Å². The predicted molar refractivity (Wildman–Crippen MR) is 123 cm³/mol. The van der Waals surface area contributed by atoms with Crippen molar-refractivity contribution >= 4 is 5.57 Å². The van der Waals surface area contributed by atoms with Gasteiger partial charge in [0.15, 0.2) is 0 Å². The number of aromatic nitrogens is 1. The number of pyridine rings is 1. The maximum Gasteiger partial charge on any atom is 0.419 e. The monoisotopic (exact) mass is 477 g/mol. The number of halogens is 4. The van der Waals surface area contributed by atoms with Crippen molar-refractivity contribution in [3.05, 3.63) is 69.3 Å². The Hall–Kier alpha value is -2.25. The van der Waals surface area contributed by atoms with Crippen LogP contribution in [-0.4, -0.2) is 15.2 Å². The van der Waals surface area contributed by atoms with E-state index in [0.717, 1.165) is 48.2 Å². The van der Waals surface area contributed by atoms with Crippen LogP contribution in [0.25, 0.3) is 5.57 Å². The zero-order chi connectivity index (χ0) is 25.0. The SMILES string of the molecule is CC(C)c1nc2c(c(C3=CCCC3)c1[C@H](O)c1ccc(C(F)(F)F)c(F)c1)[C@@H](O)CC(C)(C)C2. The van der Waals surface area contributed by atoms with Gasteiger partial charge in [-0.2, -0.15) is 13.2 Å². The molecule has 184 valence electrons. The summed E-state index contributed by atoms with van der Waals surface area (Å²) in [7, 11) is 0. The molecule has 34 heavy (non-hydrogen) atoms. The van der Waals surface area contributed by atoms with Crippen molar-refractivity contribution in [1.29, 1.82) is 0 Å². The van der Waals surface area contributed by atoms with Crippen LogP contribution in [0.2, 0.25) is 0 Å². The van der Waals surface area contributed by atoms with E-state index < -0.39 is 29.8 Å². The lowest BCUT2D eigenvalue weighted by Crippen LogP contribution is -2.29. The van der Waals surface area contributed by atoms with Gasteiger partial charge in [0.2, 0.25) is 0 Å². The molecule has 0 unspecified atom stereocenters. The van der Waals surface area contributed by atoms with Crippen LogP contribution >= 0.6 is 0 Å². The van der Waals surface area contributed by atoms with Gasteiger partial charge in [-0.05, 0) is 72.3 Å². The lowest BCUT2D eigenvalue weighted by Gasteiger charge is -2.37. The normalized spacial score (nSPS) is 20.9. The van der Waals surface area contributed by atoms with E-state index in [9.17, 15) is 27.8 Å². The van der Waals surface area contributed by atoms with Gasteiger partial charge in [0.05, 0.1) is 11.7 Å². The summed E-state index contributed by atoms with van der Waals surface area (Å²) in [5, 5.41) is 22.7. The first-order valence-electron chi connectivity index (χ1n) is 11.8. The van der Waals surface area contributed by atoms with Crippen LogP contribution in [0.3, 0.4) is 0 Å². The molecule has 2 aromatic rings. The highest BCUT2D eigenvalue weighted by molar-refractivity contribution is 5.75. The van der Waals surface area contributed by atoms with E-state index in [4.69, 9.17) is 4.98 Å². The van der Waals surface area contributed by atoms with Gasteiger partial charge in [-0.25, -0.2) is 4.39 Å². The van der Waals surface area contributed by atoms with Gasteiger partial charge in [-0.15, -0.1) is 0 Å². The average molecular weight is 478 g/mol. The molecule has 0 radical (unpaired) electrons. The zero-order valence-electron chi connectivity index (χ0n) is 19.9. The number of nitrogens with zero attached hydrogens (tertiary/aromatic N) is 1. The number of benzene rings is 1. The van der Waals surface area contributed by atoms with E-state index in [1.807, 2.05) is 13.8 Å². The number of rotatable bonds is 4. The van der Waals surface area contributed by atoms with Crippen molar-refractivity contribution in [3.63, 3.8) is 0 Å². The Morgan fingerprint density at radius 2 is 1.88 bits per heavy atom. The summed E-state index contributed by atoms with van der Waals surface area (Å²) in [5.74, 6) is -1.53. The average Bonchev–Trinajstić information content (AvgIpc) is 3.24. The quantitative estimate of drug-likeness (QED) is 0.466. The van der Waals surface area contributed by atoms with Crippen LogP contribution in [0, 0.1) is 11.2 Å². The van der Waals surface area contributed by atoms with Crippen molar-refractivity contribution in [2.75, 3.05) is 0 Å². The maximum atomic E-state index is 14.4. The Labute approximate surface area is 197 Å². The first-order chi connectivity index (χ1) is 15.8. The maximum absolute atomic E-state index is 14.4. The van der Waals surface area contributed by atoms with E-state index in [1.54, 1.807) is 0 Å². The Balaban J connectivity index is 1.97. The van der Waals surface area contributed by atoms with E-state index in [1.165, 1.54) is 0 Å². The largest absolute Gasteiger partial charge is 0.419 e. The van der Waals surface area contributed by atoms with E-state index >= 15 is 0 Å². The lowest BCUT2D eigenvalue weighted by molar-refractivity contribution is -0.140. The molecular weight excluding hydrogens is 446 g/mol. The molecule has 0 aliphatic heterocycles. The second-order valence-electron chi connectivity index (χ2n) is 10.6. The molecule has 1 aromatic heterocycles. The molecule has 3 nitrogen and oxygen atoms in total. The minimum absolute atomic E-state index is 0.0274. The fraction of sp³-hybridized carbons (Fsp3) is 0.519. The first-order valence-corrected chi connectivity index (χ1v) is 11.8. The molecule has 0 spiro atoms. The van der Waals surface area contributed by atoms with Crippen molar-refractivity contribution < 1.29 is 27.8 Å². The molecule has 7 heteroatoms. The second-order valence-corrected chi connectivity index (χ2v) is 10.6. The number of hydrogen-bond acceptors (Lipinski definition) is 3. The smallest absolute Gasteiger partial charge is 0.388 e. The van der Waals surface area contributed by atoms with Crippen molar-refractivity contribution in [2.24, 2.45) is 5.41 Å². The topological polar surface area (TPSA) is 53.4 Å². The summed E-state index contributed by atoms with van der Waals surface area (Å²) in [6, 6.07) is 2.54. The molecule has 0 bridgehead atoms. The zero-order valence-corrected chi connectivity index (χ0v) is 19.9. The Morgan fingerprint density at radius 1 is 1.18 bits per heavy atom. The van der Waals surface area contributed by atoms with Gasteiger partial charge in [0.25, 0.3) is 0 Å². The summed E-state index contributed by atoms with van der Waals surface area (Å²) in [6.07, 6.45) is -1.10. The summed E-state index contributed by atoms with van der Waals surface area (Å²) in [4.78, 5) is 4.90. The molecule has 2 atom stereocenters. The molecule has 0 saturated carbocycles. The van der Waals surface area contributed by atoms with Crippen molar-refractivity contribution in [1.82, 2.24) is 4.98 Å². The predicted octanol–water partition coefficient (Wildman–Crippen LogP) is 7.02. The number of alkyl halides is 3. The number of fused-ring (bicyclic) bond motifs is 1. The summed E-state index contributed by atoms with van der Waals surface area (Å²) in [6.45, 7) is 8.04.